The number of rotatable bonds is 5. The lowest BCUT2D eigenvalue weighted by molar-refractivity contribution is 0.746. The number of nitrogens with one attached hydrogen (secondary N) is 1. The van der Waals surface area contributed by atoms with Gasteiger partial charge in [0, 0.05) is 25.0 Å². The van der Waals surface area contributed by atoms with E-state index in [-0.39, 0.29) is 0 Å². The summed E-state index contributed by atoms with van der Waals surface area (Å²) < 4.78 is 1.81. The normalized spacial score (nSPS) is 10.6. The minimum absolute atomic E-state index is 0.830. The Labute approximate surface area is 107 Å². The van der Waals surface area contributed by atoms with Crippen LogP contribution >= 0.6 is 0 Å². The van der Waals surface area contributed by atoms with Crippen LogP contribution < -0.4 is 5.32 Å². The van der Waals surface area contributed by atoms with Crippen LogP contribution in [-0.4, -0.2) is 19.7 Å². The summed E-state index contributed by atoms with van der Waals surface area (Å²) in [6.07, 6.45) is 6.54. The van der Waals surface area contributed by atoms with Crippen molar-refractivity contribution in [3.05, 3.63) is 30.0 Å². The van der Waals surface area contributed by atoms with E-state index in [4.69, 9.17) is 0 Å². The fourth-order valence-corrected chi connectivity index (χ4v) is 1.90. The zero-order valence-electron chi connectivity index (χ0n) is 11.1. The first-order valence-corrected chi connectivity index (χ1v) is 6.33. The van der Waals surface area contributed by atoms with Crippen molar-refractivity contribution < 1.29 is 0 Å². The molecule has 96 valence electrons. The highest BCUT2D eigenvalue weighted by Gasteiger charge is 2.07. The van der Waals surface area contributed by atoms with Crippen molar-refractivity contribution in [3.8, 4) is 0 Å². The summed E-state index contributed by atoms with van der Waals surface area (Å²) in [5, 5.41) is 7.70. The maximum Gasteiger partial charge on any atom is 0.134 e. The molecule has 18 heavy (non-hydrogen) atoms. The summed E-state index contributed by atoms with van der Waals surface area (Å²) in [7, 11) is 1.92. The molecule has 0 radical (unpaired) electrons. The molecule has 0 aliphatic rings. The number of aromatic nitrogens is 4. The van der Waals surface area contributed by atoms with Crippen molar-refractivity contribution in [3.63, 3.8) is 0 Å². The molecule has 5 nitrogen and oxygen atoms in total. The van der Waals surface area contributed by atoms with Gasteiger partial charge in [0.1, 0.15) is 12.1 Å². The highest BCUT2D eigenvalue weighted by Crippen LogP contribution is 2.19. The van der Waals surface area contributed by atoms with Gasteiger partial charge >= 0.3 is 0 Å². The smallest absolute Gasteiger partial charge is 0.134 e. The molecular weight excluding hydrogens is 226 g/mol. The van der Waals surface area contributed by atoms with Gasteiger partial charge in [0.2, 0.25) is 0 Å². The molecule has 0 aliphatic heterocycles. The maximum atomic E-state index is 4.39. The van der Waals surface area contributed by atoms with E-state index < -0.39 is 0 Å². The Bertz CT molecular complexity index is 518. The Kier molecular flexibility index (Phi) is 3.92. The Morgan fingerprint density at radius 1 is 1.28 bits per heavy atom. The van der Waals surface area contributed by atoms with Gasteiger partial charge in [0.15, 0.2) is 0 Å². The summed E-state index contributed by atoms with van der Waals surface area (Å²) in [5.74, 6) is 0.830. The molecule has 2 aromatic heterocycles. The molecule has 0 saturated heterocycles. The zero-order chi connectivity index (χ0) is 13.0. The fourth-order valence-electron chi connectivity index (χ4n) is 1.90. The van der Waals surface area contributed by atoms with Crippen molar-refractivity contribution in [1.29, 1.82) is 0 Å². The molecule has 0 saturated carbocycles. The average molecular weight is 245 g/mol. The van der Waals surface area contributed by atoms with Crippen LogP contribution in [0, 0.1) is 0 Å². The number of nitrogens with zero attached hydrogens (tertiary/aromatic N) is 4. The van der Waals surface area contributed by atoms with Gasteiger partial charge in [-0.15, -0.1) is 0 Å². The Hall–Kier alpha value is -1.91. The van der Waals surface area contributed by atoms with Crippen LogP contribution in [-0.2, 0) is 19.9 Å². The van der Waals surface area contributed by atoms with Gasteiger partial charge in [0.05, 0.1) is 11.4 Å². The van der Waals surface area contributed by atoms with Gasteiger partial charge in [-0.3, -0.25) is 4.68 Å². The van der Waals surface area contributed by atoms with Gasteiger partial charge in [-0.2, -0.15) is 5.10 Å². The van der Waals surface area contributed by atoms with E-state index in [1.807, 2.05) is 24.0 Å². The van der Waals surface area contributed by atoms with Crippen LogP contribution in [0.25, 0.3) is 0 Å². The molecule has 0 bridgehead atoms. The Morgan fingerprint density at radius 2 is 2.11 bits per heavy atom. The van der Waals surface area contributed by atoms with Crippen molar-refractivity contribution in [2.24, 2.45) is 7.05 Å². The second kappa shape index (κ2) is 5.62. The van der Waals surface area contributed by atoms with Crippen molar-refractivity contribution in [1.82, 2.24) is 19.7 Å². The predicted octanol–water partition coefficient (Wildman–Crippen LogP) is 2.47. The molecule has 2 heterocycles. The third-order valence-electron chi connectivity index (χ3n) is 2.73. The number of aryl methyl sites for hydroxylation is 3. The summed E-state index contributed by atoms with van der Waals surface area (Å²) >= 11 is 0. The van der Waals surface area contributed by atoms with Crippen LogP contribution in [0.1, 0.15) is 31.7 Å². The standard InChI is InChI=1S/C13H19N5/c1-4-6-10-7-13(15-9-14-10)16-12-8-18(3)17-11(12)5-2/h7-9H,4-6H2,1-3H3,(H,14,15,16). The molecular formula is C13H19N5. The predicted molar refractivity (Wildman–Crippen MR) is 71.9 cm³/mol. The molecule has 1 N–H and O–H groups in total. The maximum absolute atomic E-state index is 4.39. The first-order chi connectivity index (χ1) is 8.72. The van der Waals surface area contributed by atoms with Gasteiger partial charge in [0.25, 0.3) is 0 Å². The Balaban J connectivity index is 2.19. The monoisotopic (exact) mass is 245 g/mol. The number of hydrogen-bond acceptors (Lipinski definition) is 4. The van der Waals surface area contributed by atoms with E-state index in [2.05, 4.69) is 34.2 Å². The molecule has 0 spiro atoms. The molecule has 2 rings (SSSR count). The van der Waals surface area contributed by atoms with E-state index in [1.165, 1.54) is 0 Å². The average Bonchev–Trinajstić information content (AvgIpc) is 2.70. The Morgan fingerprint density at radius 3 is 2.83 bits per heavy atom. The van der Waals surface area contributed by atoms with Gasteiger partial charge in [-0.1, -0.05) is 20.3 Å². The van der Waals surface area contributed by atoms with E-state index >= 15 is 0 Å². The molecule has 0 aliphatic carbocycles. The van der Waals surface area contributed by atoms with Gasteiger partial charge in [-0.25, -0.2) is 9.97 Å². The van der Waals surface area contributed by atoms with Gasteiger partial charge in [-0.05, 0) is 12.8 Å². The van der Waals surface area contributed by atoms with Gasteiger partial charge < -0.3 is 5.32 Å². The summed E-state index contributed by atoms with van der Waals surface area (Å²) in [4.78, 5) is 8.49. The summed E-state index contributed by atoms with van der Waals surface area (Å²) in [6, 6.07) is 2.00. The zero-order valence-corrected chi connectivity index (χ0v) is 11.1. The van der Waals surface area contributed by atoms with Crippen molar-refractivity contribution >= 4 is 11.5 Å². The molecule has 0 unspecified atom stereocenters. The number of hydrogen-bond donors (Lipinski definition) is 1. The molecule has 0 amide bonds. The van der Waals surface area contributed by atoms with E-state index in [9.17, 15) is 0 Å². The molecule has 2 aromatic rings. The van der Waals surface area contributed by atoms with Crippen LogP contribution in [0.5, 0.6) is 0 Å². The van der Waals surface area contributed by atoms with Crippen LogP contribution in [0.4, 0.5) is 11.5 Å². The van der Waals surface area contributed by atoms with Crippen molar-refractivity contribution in [2.75, 3.05) is 5.32 Å². The molecule has 0 atom stereocenters. The molecule has 0 aromatic carbocycles. The quantitative estimate of drug-likeness (QED) is 0.879. The summed E-state index contributed by atoms with van der Waals surface area (Å²) in [5.41, 5.74) is 3.13. The van der Waals surface area contributed by atoms with E-state index in [0.717, 1.165) is 42.2 Å². The lowest BCUT2D eigenvalue weighted by Gasteiger charge is -2.05. The lowest BCUT2D eigenvalue weighted by atomic mass is 10.2. The summed E-state index contributed by atoms with van der Waals surface area (Å²) in [6.45, 7) is 4.24. The van der Waals surface area contributed by atoms with Crippen LogP contribution in [0.3, 0.4) is 0 Å². The second-order valence-corrected chi connectivity index (χ2v) is 4.29. The minimum Gasteiger partial charge on any atom is -0.337 e. The van der Waals surface area contributed by atoms with E-state index in [0.29, 0.717) is 0 Å². The topological polar surface area (TPSA) is 55.6 Å². The highest BCUT2D eigenvalue weighted by molar-refractivity contribution is 5.57. The molecule has 0 fully saturated rings. The second-order valence-electron chi connectivity index (χ2n) is 4.29. The van der Waals surface area contributed by atoms with Crippen LogP contribution in [0.15, 0.2) is 18.6 Å². The number of anilines is 2. The van der Waals surface area contributed by atoms with Crippen molar-refractivity contribution in [2.45, 2.75) is 33.1 Å². The highest BCUT2D eigenvalue weighted by atomic mass is 15.3. The SMILES string of the molecule is CCCc1cc(Nc2cn(C)nc2CC)ncn1. The minimum atomic E-state index is 0.830. The third kappa shape index (κ3) is 2.85. The molecule has 5 heteroatoms. The van der Waals surface area contributed by atoms with Crippen LogP contribution in [0.2, 0.25) is 0 Å². The first kappa shape index (κ1) is 12.5. The van der Waals surface area contributed by atoms with E-state index in [1.54, 1.807) is 6.33 Å². The fraction of sp³-hybridized carbons (Fsp3) is 0.462. The third-order valence-corrected chi connectivity index (χ3v) is 2.73. The lowest BCUT2D eigenvalue weighted by Crippen LogP contribution is -1.98. The first-order valence-electron chi connectivity index (χ1n) is 6.33. The largest absolute Gasteiger partial charge is 0.337 e.